The molecule has 0 aromatic carbocycles. The van der Waals surface area contributed by atoms with Gasteiger partial charge in [0.15, 0.2) is 5.82 Å². The van der Waals surface area contributed by atoms with Gasteiger partial charge >= 0.3 is 6.09 Å². The van der Waals surface area contributed by atoms with E-state index >= 15 is 0 Å². The molecule has 2 amide bonds. The monoisotopic (exact) mass is 446 g/mol. The first-order chi connectivity index (χ1) is 15.4. The van der Waals surface area contributed by atoms with Crippen LogP contribution in [0.1, 0.15) is 55.8 Å². The van der Waals surface area contributed by atoms with Crippen LogP contribution in [0.5, 0.6) is 0 Å². The Bertz CT molecular complexity index is 1020. The number of carbonyl (C=O) groups excluding carboxylic acids is 2. The van der Waals surface area contributed by atoms with Crippen molar-refractivity contribution in [3.05, 3.63) is 29.6 Å². The molecule has 9 nitrogen and oxygen atoms in total. The van der Waals surface area contributed by atoms with Crippen molar-refractivity contribution >= 4 is 29.3 Å². The number of nitrogens with zero attached hydrogens (tertiary/aromatic N) is 2. The number of amides is 2. The molecule has 2 saturated carbocycles. The molecule has 2 aliphatic carbocycles. The summed E-state index contributed by atoms with van der Waals surface area (Å²) in [4.78, 5) is 28.6. The quantitative estimate of drug-likeness (QED) is 0.528. The lowest BCUT2D eigenvalue weighted by Gasteiger charge is -2.34. The molecular formula is C21H24F2N6O3. The number of alkyl carbamates (subject to hydrolysis) is 1. The first-order valence-corrected chi connectivity index (χ1v) is 10.8. The first kappa shape index (κ1) is 20.7. The summed E-state index contributed by atoms with van der Waals surface area (Å²) in [5, 5.41) is 15.7. The second kappa shape index (κ2) is 8.36. The van der Waals surface area contributed by atoms with Crippen LogP contribution in [0.3, 0.4) is 0 Å². The minimum Gasteiger partial charge on any atom is -0.446 e. The van der Waals surface area contributed by atoms with E-state index in [1.807, 2.05) is 6.07 Å². The fraction of sp³-hybridized carbons (Fsp3) is 0.524. The minimum absolute atomic E-state index is 0.0627. The molecule has 170 valence electrons. The zero-order valence-corrected chi connectivity index (χ0v) is 17.2. The smallest absolute Gasteiger partial charge is 0.407 e. The summed E-state index contributed by atoms with van der Waals surface area (Å²) in [5.74, 6) is 0.341. The Morgan fingerprint density at radius 2 is 1.84 bits per heavy atom. The highest BCUT2D eigenvalue weighted by molar-refractivity contribution is 5.92. The third-order valence-corrected chi connectivity index (χ3v) is 6.43. The molecule has 11 heteroatoms. The molecule has 2 aliphatic heterocycles. The highest BCUT2D eigenvalue weighted by atomic mass is 19.3. The van der Waals surface area contributed by atoms with Crippen LogP contribution in [0.2, 0.25) is 0 Å². The molecule has 4 heterocycles. The van der Waals surface area contributed by atoms with Gasteiger partial charge in [0.25, 0.3) is 6.43 Å². The lowest BCUT2D eigenvalue weighted by atomic mass is 9.74. The number of alkyl halides is 2. The molecule has 4 aliphatic rings. The molecule has 2 fully saturated rings. The maximum absolute atomic E-state index is 13.4. The summed E-state index contributed by atoms with van der Waals surface area (Å²) >= 11 is 0. The number of halogens is 2. The van der Waals surface area contributed by atoms with E-state index in [1.54, 1.807) is 0 Å². The summed E-state index contributed by atoms with van der Waals surface area (Å²) in [7, 11) is 0. The standard InChI is InChI=1S/C21H24F2N6O3/c22-19(23)16-6-13-7-17(26-16)27-20(30)12-3-10(4-12)9-24-21(31)32-14-2-1-11(5-14)15-8-18(25-13)29-28-15/h6-8,10-12,14,19H,1-5,9H2,(H,24,31)(H2,25,28,29)(H,26,27,30). The van der Waals surface area contributed by atoms with Crippen molar-refractivity contribution in [1.82, 2.24) is 20.5 Å². The molecule has 2 aromatic heterocycles. The predicted molar refractivity (Wildman–Crippen MR) is 111 cm³/mol. The van der Waals surface area contributed by atoms with E-state index in [0.717, 1.165) is 18.5 Å². The first-order valence-electron chi connectivity index (χ1n) is 10.8. The molecule has 0 saturated heterocycles. The van der Waals surface area contributed by atoms with Crippen LogP contribution in [0.4, 0.5) is 30.9 Å². The van der Waals surface area contributed by atoms with Gasteiger partial charge < -0.3 is 20.7 Å². The van der Waals surface area contributed by atoms with Crippen LogP contribution in [-0.4, -0.2) is 39.8 Å². The van der Waals surface area contributed by atoms with Crippen molar-refractivity contribution in [2.75, 3.05) is 17.2 Å². The van der Waals surface area contributed by atoms with E-state index in [2.05, 4.69) is 31.1 Å². The molecule has 8 bridgehead atoms. The van der Waals surface area contributed by atoms with Crippen molar-refractivity contribution in [2.24, 2.45) is 11.8 Å². The maximum atomic E-state index is 13.4. The molecular weight excluding hydrogens is 422 g/mol. The van der Waals surface area contributed by atoms with Crippen LogP contribution in [0.25, 0.3) is 0 Å². The number of aromatic nitrogens is 3. The van der Waals surface area contributed by atoms with Crippen LogP contribution >= 0.6 is 0 Å². The number of hydrogen-bond acceptors (Lipinski definition) is 6. The van der Waals surface area contributed by atoms with Crippen LogP contribution in [0.15, 0.2) is 18.2 Å². The third kappa shape index (κ3) is 4.37. The highest BCUT2D eigenvalue weighted by Crippen LogP contribution is 2.37. The van der Waals surface area contributed by atoms with Gasteiger partial charge in [-0.05, 0) is 44.1 Å². The number of pyridine rings is 1. The van der Waals surface area contributed by atoms with E-state index in [-0.39, 0.29) is 35.6 Å². The number of aromatic amines is 1. The van der Waals surface area contributed by atoms with Gasteiger partial charge in [-0.2, -0.15) is 5.10 Å². The number of rotatable bonds is 1. The van der Waals surface area contributed by atoms with Gasteiger partial charge in [0, 0.05) is 41.9 Å². The van der Waals surface area contributed by atoms with Crippen LogP contribution in [-0.2, 0) is 9.53 Å². The minimum atomic E-state index is -2.78. The van der Waals surface area contributed by atoms with Crippen LogP contribution in [0, 0.1) is 11.8 Å². The second-order valence-corrected chi connectivity index (χ2v) is 8.74. The van der Waals surface area contributed by atoms with E-state index in [9.17, 15) is 18.4 Å². The molecule has 0 spiro atoms. The fourth-order valence-electron chi connectivity index (χ4n) is 4.65. The number of ether oxygens (including phenoxy) is 1. The molecule has 2 aromatic rings. The van der Waals surface area contributed by atoms with E-state index in [4.69, 9.17) is 4.74 Å². The van der Waals surface area contributed by atoms with Gasteiger partial charge in [0.1, 0.15) is 17.6 Å². The predicted octanol–water partition coefficient (Wildman–Crippen LogP) is 3.83. The van der Waals surface area contributed by atoms with Crippen molar-refractivity contribution < 1.29 is 23.1 Å². The van der Waals surface area contributed by atoms with Crippen LogP contribution < -0.4 is 16.0 Å². The fourth-order valence-corrected chi connectivity index (χ4v) is 4.65. The summed E-state index contributed by atoms with van der Waals surface area (Å²) in [5.41, 5.74) is 0.807. The second-order valence-electron chi connectivity index (χ2n) is 8.74. The van der Waals surface area contributed by atoms with Crippen molar-refractivity contribution in [3.8, 4) is 0 Å². The lowest BCUT2D eigenvalue weighted by Crippen LogP contribution is -2.41. The summed E-state index contributed by atoms with van der Waals surface area (Å²) < 4.78 is 32.3. The molecule has 2 atom stereocenters. The average molecular weight is 446 g/mol. The molecule has 0 radical (unpaired) electrons. The van der Waals surface area contributed by atoms with Crippen molar-refractivity contribution in [3.63, 3.8) is 0 Å². The van der Waals surface area contributed by atoms with Crippen molar-refractivity contribution in [1.29, 1.82) is 0 Å². The lowest BCUT2D eigenvalue weighted by molar-refractivity contribution is -0.123. The summed E-state index contributed by atoms with van der Waals surface area (Å²) in [6.07, 6.45) is 0.123. The van der Waals surface area contributed by atoms with Gasteiger partial charge in [0.2, 0.25) is 5.91 Å². The third-order valence-electron chi connectivity index (χ3n) is 6.43. The number of hydrogen-bond donors (Lipinski definition) is 4. The summed E-state index contributed by atoms with van der Waals surface area (Å²) in [6.45, 7) is 0.440. The highest BCUT2D eigenvalue weighted by Gasteiger charge is 2.35. The normalized spacial score (nSPS) is 27.7. The zero-order chi connectivity index (χ0) is 22.2. The SMILES string of the molecule is O=C1NCC2CC(C2)C(=O)Nc2cc(cc(C(F)F)n2)Nc2cc([nH]n2)C2CCC(C2)O1. The Morgan fingerprint density at radius 1 is 1.00 bits per heavy atom. The molecule has 6 rings (SSSR count). The van der Waals surface area contributed by atoms with Gasteiger partial charge in [-0.1, -0.05) is 0 Å². The van der Waals surface area contributed by atoms with Crippen molar-refractivity contribution in [2.45, 2.75) is 50.6 Å². The van der Waals surface area contributed by atoms with Gasteiger partial charge in [-0.3, -0.25) is 9.89 Å². The number of H-pyrrole nitrogens is 1. The number of nitrogens with one attached hydrogen (secondary N) is 4. The largest absolute Gasteiger partial charge is 0.446 e. The Balaban J connectivity index is 1.41. The Labute approximate surface area is 182 Å². The summed E-state index contributed by atoms with van der Waals surface area (Å²) in [6, 6.07) is 4.58. The van der Waals surface area contributed by atoms with Gasteiger partial charge in [0.05, 0.1) is 0 Å². The average Bonchev–Trinajstić information content (AvgIpc) is 3.35. The number of fused-ring (bicyclic) bond motifs is 4. The number of anilines is 3. The Hall–Kier alpha value is -3.24. The van der Waals surface area contributed by atoms with E-state index < -0.39 is 18.2 Å². The molecule has 4 N–H and O–H groups in total. The van der Waals surface area contributed by atoms with Gasteiger partial charge in [-0.25, -0.2) is 18.6 Å². The Morgan fingerprint density at radius 3 is 2.66 bits per heavy atom. The van der Waals surface area contributed by atoms with E-state index in [0.29, 0.717) is 37.3 Å². The van der Waals surface area contributed by atoms with Gasteiger partial charge in [-0.15, -0.1) is 0 Å². The number of carbonyl (C=O) groups is 2. The molecule has 32 heavy (non-hydrogen) atoms. The maximum Gasteiger partial charge on any atom is 0.407 e. The molecule has 2 unspecified atom stereocenters. The zero-order valence-electron chi connectivity index (χ0n) is 17.2. The van der Waals surface area contributed by atoms with E-state index in [1.165, 1.54) is 12.1 Å². The topological polar surface area (TPSA) is 121 Å². The Kier molecular flexibility index (Phi) is 5.40.